The average Bonchev–Trinajstić information content (AvgIpc) is 2.42. The van der Waals surface area contributed by atoms with Crippen molar-refractivity contribution < 1.29 is 14.3 Å². The van der Waals surface area contributed by atoms with Crippen LogP contribution in [-0.2, 0) is 4.79 Å². The van der Waals surface area contributed by atoms with Gasteiger partial charge in [-0.05, 0) is 50.2 Å². The van der Waals surface area contributed by atoms with Crippen molar-refractivity contribution >= 4 is 5.91 Å². The highest BCUT2D eigenvalue weighted by molar-refractivity contribution is 5.82. The van der Waals surface area contributed by atoms with Gasteiger partial charge in [-0.1, -0.05) is 18.2 Å². The molecule has 4 nitrogen and oxygen atoms in total. The maximum atomic E-state index is 11.2. The maximum Gasteiger partial charge on any atom is 0.261 e. The summed E-state index contributed by atoms with van der Waals surface area (Å²) in [6.45, 7) is 3.26. The van der Waals surface area contributed by atoms with E-state index in [1.54, 1.807) is 38.1 Å². The molecule has 0 fully saturated rings. The summed E-state index contributed by atoms with van der Waals surface area (Å²) in [4.78, 5) is 11.2. The molecular weight excluding hydrogens is 254 g/mol. The summed E-state index contributed by atoms with van der Waals surface area (Å²) in [5, 5.41) is 0. The lowest BCUT2D eigenvalue weighted by Gasteiger charge is -2.22. The predicted molar refractivity (Wildman–Crippen MR) is 76.9 cm³/mol. The molecule has 2 N–H and O–H groups in total. The van der Waals surface area contributed by atoms with Gasteiger partial charge in [-0.2, -0.15) is 0 Å². The van der Waals surface area contributed by atoms with Crippen molar-refractivity contribution in [2.45, 2.75) is 19.4 Å². The van der Waals surface area contributed by atoms with Crippen molar-refractivity contribution in [1.29, 1.82) is 0 Å². The smallest absolute Gasteiger partial charge is 0.261 e. The molecule has 0 aromatic heterocycles. The summed E-state index contributed by atoms with van der Waals surface area (Å²) >= 11 is 0. The van der Waals surface area contributed by atoms with Crippen molar-refractivity contribution in [3.05, 3.63) is 54.6 Å². The first-order valence-electron chi connectivity index (χ1n) is 6.29. The highest BCUT2D eigenvalue weighted by Gasteiger charge is 2.26. The highest BCUT2D eigenvalue weighted by atomic mass is 16.5. The van der Waals surface area contributed by atoms with Crippen molar-refractivity contribution in [3.8, 4) is 17.2 Å². The molecule has 104 valence electrons. The number of nitrogens with two attached hydrogens (primary N) is 1. The lowest BCUT2D eigenvalue weighted by Crippen LogP contribution is -2.43. The first-order valence-corrected chi connectivity index (χ1v) is 6.29. The summed E-state index contributed by atoms with van der Waals surface area (Å²) in [6.07, 6.45) is 0. The van der Waals surface area contributed by atoms with Crippen LogP contribution in [0.3, 0.4) is 0 Å². The van der Waals surface area contributed by atoms with E-state index in [1.165, 1.54) is 0 Å². The van der Waals surface area contributed by atoms with E-state index in [1.807, 2.05) is 30.3 Å². The molecule has 0 heterocycles. The second kappa shape index (κ2) is 5.65. The summed E-state index contributed by atoms with van der Waals surface area (Å²) in [6, 6.07) is 16.5. The number of hydrogen-bond acceptors (Lipinski definition) is 3. The van der Waals surface area contributed by atoms with Crippen molar-refractivity contribution in [2.75, 3.05) is 0 Å². The van der Waals surface area contributed by atoms with Gasteiger partial charge in [0.2, 0.25) is 0 Å². The molecule has 0 saturated carbocycles. The number of rotatable bonds is 5. The normalized spacial score (nSPS) is 10.9. The standard InChI is InChI=1S/C16H17NO3/c1-16(2,15(17)18)20-14-10-8-13(9-11-14)19-12-6-4-3-5-7-12/h3-11H,1-2H3,(H2,17,18). The maximum absolute atomic E-state index is 11.2. The first kappa shape index (κ1) is 13.9. The second-order valence-electron chi connectivity index (χ2n) is 4.86. The molecular formula is C16H17NO3. The summed E-state index contributed by atoms with van der Waals surface area (Å²) in [5.74, 6) is 1.51. The minimum Gasteiger partial charge on any atom is -0.478 e. The molecule has 0 saturated heterocycles. The molecule has 0 spiro atoms. The van der Waals surface area contributed by atoms with E-state index in [2.05, 4.69) is 0 Å². The number of amides is 1. The van der Waals surface area contributed by atoms with E-state index < -0.39 is 11.5 Å². The van der Waals surface area contributed by atoms with Crippen LogP contribution in [0.4, 0.5) is 0 Å². The topological polar surface area (TPSA) is 61.6 Å². The minimum atomic E-state index is -1.04. The van der Waals surface area contributed by atoms with E-state index >= 15 is 0 Å². The zero-order chi connectivity index (χ0) is 14.6. The average molecular weight is 271 g/mol. The Morgan fingerprint density at radius 2 is 1.40 bits per heavy atom. The number of ether oxygens (including phenoxy) is 2. The van der Waals surface area contributed by atoms with Gasteiger partial charge in [0.25, 0.3) is 5.91 Å². The van der Waals surface area contributed by atoms with E-state index in [0.29, 0.717) is 11.5 Å². The van der Waals surface area contributed by atoms with E-state index in [9.17, 15) is 4.79 Å². The van der Waals surface area contributed by atoms with Gasteiger partial charge >= 0.3 is 0 Å². The largest absolute Gasteiger partial charge is 0.478 e. The number of carbonyl (C=O) groups excluding carboxylic acids is 1. The number of hydrogen-bond donors (Lipinski definition) is 1. The molecule has 2 aromatic rings. The third-order valence-electron chi connectivity index (χ3n) is 2.77. The molecule has 0 atom stereocenters. The van der Waals surface area contributed by atoms with Crippen LogP contribution in [0.2, 0.25) is 0 Å². The van der Waals surface area contributed by atoms with Crippen LogP contribution in [0.15, 0.2) is 54.6 Å². The van der Waals surface area contributed by atoms with Gasteiger partial charge in [0, 0.05) is 0 Å². The van der Waals surface area contributed by atoms with Crippen LogP contribution in [-0.4, -0.2) is 11.5 Å². The monoisotopic (exact) mass is 271 g/mol. The summed E-state index contributed by atoms with van der Waals surface area (Å²) in [5.41, 5.74) is 4.22. The number of para-hydroxylation sites is 1. The van der Waals surface area contributed by atoms with Crippen LogP contribution < -0.4 is 15.2 Å². The van der Waals surface area contributed by atoms with E-state index in [4.69, 9.17) is 15.2 Å². The molecule has 0 aliphatic heterocycles. The number of benzene rings is 2. The minimum absolute atomic E-state index is 0.512. The molecule has 0 aliphatic carbocycles. The van der Waals surface area contributed by atoms with Gasteiger partial charge in [0.05, 0.1) is 0 Å². The van der Waals surface area contributed by atoms with Gasteiger partial charge in [-0.3, -0.25) is 4.79 Å². The second-order valence-corrected chi connectivity index (χ2v) is 4.86. The fraction of sp³-hybridized carbons (Fsp3) is 0.188. The lowest BCUT2D eigenvalue weighted by molar-refractivity contribution is -0.130. The van der Waals surface area contributed by atoms with Gasteiger partial charge in [-0.25, -0.2) is 0 Å². The Morgan fingerprint density at radius 3 is 1.95 bits per heavy atom. The van der Waals surface area contributed by atoms with Crippen LogP contribution in [0.5, 0.6) is 17.2 Å². The molecule has 1 amide bonds. The van der Waals surface area contributed by atoms with Crippen molar-refractivity contribution in [2.24, 2.45) is 5.73 Å². The Hall–Kier alpha value is -2.49. The Morgan fingerprint density at radius 1 is 0.900 bits per heavy atom. The molecule has 0 bridgehead atoms. The first-order chi connectivity index (χ1) is 9.47. The number of primary amides is 1. The third-order valence-corrected chi connectivity index (χ3v) is 2.77. The van der Waals surface area contributed by atoms with Crippen LogP contribution >= 0.6 is 0 Å². The predicted octanol–water partition coefficient (Wildman–Crippen LogP) is 3.12. The molecule has 2 rings (SSSR count). The van der Waals surface area contributed by atoms with Crippen molar-refractivity contribution in [3.63, 3.8) is 0 Å². The molecule has 20 heavy (non-hydrogen) atoms. The van der Waals surface area contributed by atoms with Crippen LogP contribution in [0.1, 0.15) is 13.8 Å². The molecule has 4 heteroatoms. The fourth-order valence-corrected chi connectivity index (χ4v) is 1.55. The molecule has 2 aromatic carbocycles. The Balaban J connectivity index is 2.05. The van der Waals surface area contributed by atoms with Gasteiger partial charge < -0.3 is 15.2 Å². The third kappa shape index (κ3) is 3.51. The van der Waals surface area contributed by atoms with Crippen LogP contribution in [0.25, 0.3) is 0 Å². The quantitative estimate of drug-likeness (QED) is 0.908. The molecule has 0 unspecified atom stereocenters. The zero-order valence-electron chi connectivity index (χ0n) is 11.5. The Labute approximate surface area is 118 Å². The lowest BCUT2D eigenvalue weighted by atomic mass is 10.1. The van der Waals surface area contributed by atoms with E-state index in [-0.39, 0.29) is 0 Å². The Kier molecular flexibility index (Phi) is 3.94. The summed E-state index contributed by atoms with van der Waals surface area (Å²) in [7, 11) is 0. The van der Waals surface area contributed by atoms with Gasteiger partial charge in [0.1, 0.15) is 17.2 Å². The Bertz CT molecular complexity index is 576. The number of carbonyl (C=O) groups is 1. The van der Waals surface area contributed by atoms with Crippen molar-refractivity contribution in [1.82, 2.24) is 0 Å². The zero-order valence-corrected chi connectivity index (χ0v) is 11.5. The molecule has 0 aliphatic rings. The molecule has 0 radical (unpaired) electrons. The van der Waals surface area contributed by atoms with Crippen LogP contribution in [0, 0.1) is 0 Å². The fourth-order valence-electron chi connectivity index (χ4n) is 1.55. The van der Waals surface area contributed by atoms with Gasteiger partial charge in [-0.15, -0.1) is 0 Å². The highest BCUT2D eigenvalue weighted by Crippen LogP contribution is 2.25. The summed E-state index contributed by atoms with van der Waals surface area (Å²) < 4.78 is 11.2. The SMILES string of the molecule is CC(C)(Oc1ccc(Oc2ccccc2)cc1)C(N)=O. The van der Waals surface area contributed by atoms with Gasteiger partial charge in [0.15, 0.2) is 5.60 Å². The van der Waals surface area contributed by atoms with E-state index in [0.717, 1.165) is 5.75 Å².